The second-order valence-electron chi connectivity index (χ2n) is 6.41. The van der Waals surface area contributed by atoms with Crippen LogP contribution in [0.25, 0.3) is 0 Å². The van der Waals surface area contributed by atoms with Gasteiger partial charge in [0, 0.05) is 29.9 Å². The molecule has 1 aliphatic rings. The Kier molecular flexibility index (Phi) is 6.08. The number of amides is 1. The topological polar surface area (TPSA) is 69.7 Å². The van der Waals surface area contributed by atoms with Gasteiger partial charge in [0.1, 0.15) is 0 Å². The number of nitrogens with one attached hydrogen (secondary N) is 1. The van der Waals surface area contributed by atoms with E-state index in [-0.39, 0.29) is 12.5 Å². The average molecular weight is 406 g/mol. The highest BCUT2D eigenvalue weighted by atomic mass is 32.2. The van der Waals surface area contributed by atoms with Crippen LogP contribution in [0.15, 0.2) is 58.3 Å². The molecule has 0 unspecified atom stereocenters. The largest absolute Gasteiger partial charge is 0.355 e. The van der Waals surface area contributed by atoms with Gasteiger partial charge < -0.3 is 10.2 Å². The van der Waals surface area contributed by atoms with Crippen molar-refractivity contribution in [3.63, 3.8) is 0 Å². The fraction of sp³-hybridized carbons (Fsp3) is 0.316. The van der Waals surface area contributed by atoms with Crippen LogP contribution in [-0.2, 0) is 14.8 Å². The maximum atomic E-state index is 11.9. The first-order chi connectivity index (χ1) is 12.9. The highest BCUT2D eigenvalue weighted by molar-refractivity contribution is 7.99. The smallest absolute Gasteiger partial charge is 0.235 e. The van der Waals surface area contributed by atoms with Crippen molar-refractivity contribution in [2.24, 2.45) is 0 Å². The summed E-state index contributed by atoms with van der Waals surface area (Å²) in [5.41, 5.74) is 2.34. The summed E-state index contributed by atoms with van der Waals surface area (Å²) in [6, 6.07) is 16.6. The molecule has 144 valence electrons. The number of para-hydroxylation sites is 2. The fourth-order valence-electron chi connectivity index (χ4n) is 2.86. The highest BCUT2D eigenvalue weighted by Crippen LogP contribution is 2.47. The molecule has 1 aliphatic heterocycles. The third kappa shape index (κ3) is 4.82. The fourth-order valence-corrected chi connectivity index (χ4v) is 4.31. The van der Waals surface area contributed by atoms with E-state index in [1.807, 2.05) is 24.3 Å². The number of hydrogen-bond acceptors (Lipinski definition) is 5. The van der Waals surface area contributed by atoms with Gasteiger partial charge in [-0.3, -0.25) is 4.79 Å². The molecule has 27 heavy (non-hydrogen) atoms. The van der Waals surface area contributed by atoms with Crippen molar-refractivity contribution >= 4 is 39.1 Å². The van der Waals surface area contributed by atoms with Gasteiger partial charge in [-0.15, -0.1) is 0 Å². The number of sulfonamides is 1. The van der Waals surface area contributed by atoms with E-state index in [1.54, 1.807) is 11.8 Å². The average Bonchev–Trinajstić information content (AvgIpc) is 2.63. The SMILES string of the molecule is CN(CC(=O)NCCCN1c2ccccc2Sc2ccccc21)S(C)(=O)=O. The molecule has 6 nitrogen and oxygen atoms in total. The molecule has 2 aromatic rings. The molecular weight excluding hydrogens is 382 g/mol. The first-order valence-electron chi connectivity index (χ1n) is 8.68. The summed E-state index contributed by atoms with van der Waals surface area (Å²) in [6.07, 6.45) is 1.84. The Labute approximate surface area is 164 Å². The molecule has 0 atom stereocenters. The van der Waals surface area contributed by atoms with E-state index < -0.39 is 10.0 Å². The van der Waals surface area contributed by atoms with Gasteiger partial charge in [0.2, 0.25) is 15.9 Å². The van der Waals surface area contributed by atoms with Crippen molar-refractivity contribution in [2.45, 2.75) is 16.2 Å². The van der Waals surface area contributed by atoms with Crippen LogP contribution in [0.4, 0.5) is 11.4 Å². The minimum atomic E-state index is -3.35. The Morgan fingerprint density at radius 2 is 1.63 bits per heavy atom. The van der Waals surface area contributed by atoms with Crippen molar-refractivity contribution in [3.05, 3.63) is 48.5 Å². The van der Waals surface area contributed by atoms with Crippen LogP contribution in [0.1, 0.15) is 6.42 Å². The number of carbonyl (C=O) groups is 1. The standard InChI is InChI=1S/C19H23N3O3S2/c1-21(27(2,24)25)14-19(23)20-12-7-13-22-15-8-3-5-10-17(15)26-18-11-6-4-9-16(18)22/h3-6,8-11H,7,12-14H2,1-2H3,(H,20,23). The van der Waals surface area contributed by atoms with Crippen molar-refractivity contribution < 1.29 is 13.2 Å². The van der Waals surface area contributed by atoms with Crippen LogP contribution < -0.4 is 10.2 Å². The van der Waals surface area contributed by atoms with Crippen LogP contribution in [-0.4, -0.2) is 51.6 Å². The molecule has 0 saturated carbocycles. The third-order valence-electron chi connectivity index (χ3n) is 4.35. The van der Waals surface area contributed by atoms with Crippen LogP contribution >= 0.6 is 11.8 Å². The summed E-state index contributed by atoms with van der Waals surface area (Å²) < 4.78 is 23.8. The molecule has 0 aromatic heterocycles. The highest BCUT2D eigenvalue weighted by Gasteiger charge is 2.22. The van der Waals surface area contributed by atoms with Gasteiger partial charge in [-0.2, -0.15) is 4.31 Å². The van der Waals surface area contributed by atoms with Gasteiger partial charge in [-0.1, -0.05) is 36.0 Å². The van der Waals surface area contributed by atoms with E-state index in [9.17, 15) is 13.2 Å². The first-order valence-corrected chi connectivity index (χ1v) is 11.3. The van der Waals surface area contributed by atoms with Crippen LogP contribution in [0.3, 0.4) is 0 Å². The predicted molar refractivity (Wildman–Crippen MR) is 109 cm³/mol. The van der Waals surface area contributed by atoms with Crippen molar-refractivity contribution in [1.82, 2.24) is 9.62 Å². The number of hydrogen-bond donors (Lipinski definition) is 1. The van der Waals surface area contributed by atoms with Crippen molar-refractivity contribution in [1.29, 1.82) is 0 Å². The molecule has 0 radical (unpaired) electrons. The Bertz CT molecular complexity index is 886. The zero-order valence-corrected chi connectivity index (χ0v) is 17.0. The lowest BCUT2D eigenvalue weighted by molar-refractivity contribution is -0.121. The summed E-state index contributed by atoms with van der Waals surface area (Å²) in [4.78, 5) is 16.6. The maximum Gasteiger partial charge on any atom is 0.235 e. The summed E-state index contributed by atoms with van der Waals surface area (Å²) in [7, 11) is -1.95. The second kappa shape index (κ2) is 8.33. The number of benzene rings is 2. The van der Waals surface area contributed by atoms with Crippen LogP contribution in [0.5, 0.6) is 0 Å². The van der Waals surface area contributed by atoms with Gasteiger partial charge in [-0.05, 0) is 30.7 Å². The zero-order chi connectivity index (χ0) is 19.4. The lowest BCUT2D eigenvalue weighted by Gasteiger charge is -2.32. The first kappa shape index (κ1) is 19.7. The van der Waals surface area contributed by atoms with Crippen molar-refractivity contribution in [2.75, 3.05) is 37.8 Å². The molecule has 1 N–H and O–H groups in total. The molecule has 1 amide bonds. The number of fused-ring (bicyclic) bond motifs is 2. The normalized spacial score (nSPS) is 13.2. The molecule has 8 heteroatoms. The van der Waals surface area contributed by atoms with Gasteiger partial charge in [-0.25, -0.2) is 8.42 Å². The maximum absolute atomic E-state index is 11.9. The van der Waals surface area contributed by atoms with E-state index >= 15 is 0 Å². The van der Waals surface area contributed by atoms with E-state index in [0.29, 0.717) is 6.54 Å². The second-order valence-corrected chi connectivity index (χ2v) is 9.58. The van der Waals surface area contributed by atoms with Crippen LogP contribution in [0, 0.1) is 0 Å². The molecule has 3 rings (SSSR count). The monoisotopic (exact) mass is 405 g/mol. The van der Waals surface area contributed by atoms with Crippen molar-refractivity contribution in [3.8, 4) is 0 Å². The molecule has 0 bridgehead atoms. The summed E-state index contributed by atoms with van der Waals surface area (Å²) in [5, 5.41) is 2.80. The van der Waals surface area contributed by atoms with Gasteiger partial charge >= 0.3 is 0 Å². The minimum absolute atomic E-state index is 0.162. The third-order valence-corrected chi connectivity index (χ3v) is 6.74. The predicted octanol–water partition coefficient (Wildman–Crippen LogP) is 2.69. The number of likely N-dealkylation sites (N-methyl/N-ethyl adjacent to an activating group) is 1. The van der Waals surface area contributed by atoms with E-state index in [1.165, 1.54) is 28.2 Å². The zero-order valence-electron chi connectivity index (χ0n) is 15.4. The Morgan fingerprint density at radius 3 is 2.19 bits per heavy atom. The summed E-state index contributed by atoms with van der Waals surface area (Å²) in [6.45, 7) is 1.09. The summed E-state index contributed by atoms with van der Waals surface area (Å²) >= 11 is 1.77. The molecule has 0 aliphatic carbocycles. The lowest BCUT2D eigenvalue weighted by Crippen LogP contribution is -2.38. The molecular formula is C19H23N3O3S2. The van der Waals surface area contributed by atoms with E-state index in [4.69, 9.17) is 0 Å². The molecule has 2 aromatic carbocycles. The number of anilines is 2. The minimum Gasteiger partial charge on any atom is -0.355 e. The Hall–Kier alpha value is -2.03. The Morgan fingerprint density at radius 1 is 1.07 bits per heavy atom. The van der Waals surface area contributed by atoms with Crippen LogP contribution in [0.2, 0.25) is 0 Å². The molecule has 0 fully saturated rings. The van der Waals surface area contributed by atoms with E-state index in [0.717, 1.165) is 23.5 Å². The summed E-state index contributed by atoms with van der Waals surface area (Å²) in [5.74, 6) is -0.294. The van der Waals surface area contributed by atoms with Gasteiger partial charge in [0.25, 0.3) is 0 Å². The van der Waals surface area contributed by atoms with Gasteiger partial charge in [0.05, 0.1) is 24.2 Å². The van der Waals surface area contributed by atoms with E-state index in [2.05, 4.69) is 34.5 Å². The quantitative estimate of drug-likeness (QED) is 0.718. The molecule has 1 heterocycles. The number of rotatable bonds is 7. The number of carbonyl (C=O) groups excluding carboxylic acids is 1. The number of nitrogens with zero attached hydrogens (tertiary/aromatic N) is 2. The van der Waals surface area contributed by atoms with Gasteiger partial charge in [0.15, 0.2) is 0 Å². The lowest BCUT2D eigenvalue weighted by atomic mass is 10.2. The molecule has 0 spiro atoms. The molecule has 0 saturated heterocycles. The Balaban J connectivity index is 1.60.